The Morgan fingerprint density at radius 3 is 2.43 bits per heavy atom. The van der Waals surface area contributed by atoms with Crippen LogP contribution in [0.2, 0.25) is 0 Å². The monoisotopic (exact) mass is 477 g/mol. The number of amides is 1. The summed E-state index contributed by atoms with van der Waals surface area (Å²) in [6.07, 6.45) is 3.67. The molecule has 0 unspecified atom stereocenters. The van der Waals surface area contributed by atoms with Crippen LogP contribution in [-0.4, -0.2) is 32.7 Å². The topological polar surface area (TPSA) is 88.6 Å². The van der Waals surface area contributed by atoms with Gasteiger partial charge in [-0.2, -0.15) is 4.68 Å². The van der Waals surface area contributed by atoms with E-state index in [1.807, 2.05) is 68.4 Å². The Labute approximate surface area is 206 Å². The summed E-state index contributed by atoms with van der Waals surface area (Å²) < 4.78 is 6.42. The van der Waals surface area contributed by atoms with Crippen LogP contribution < -0.4 is 5.76 Å². The van der Waals surface area contributed by atoms with E-state index in [0.29, 0.717) is 11.5 Å². The van der Waals surface area contributed by atoms with Crippen LogP contribution in [0.15, 0.2) is 63.8 Å². The molecule has 4 rings (SSSR count). The highest BCUT2D eigenvalue weighted by atomic mass is 16.4. The van der Waals surface area contributed by atoms with E-state index in [1.54, 1.807) is 11.9 Å². The molecule has 0 aliphatic heterocycles. The second-order valence-electron chi connectivity index (χ2n) is 10.1. The third kappa shape index (κ3) is 5.56. The SMILES string of the molecule is CC(C)[C@H](c1nn(C)c(=O)o1)N(C)C(=O)c1ccc(C[C@@H]2CC[C@H]([C@H](O)c3ccccc3)C2)cc1. The molecular formula is C28H35N3O4. The van der Waals surface area contributed by atoms with Gasteiger partial charge >= 0.3 is 5.76 Å². The fourth-order valence-corrected chi connectivity index (χ4v) is 5.34. The Morgan fingerprint density at radius 1 is 1.14 bits per heavy atom. The van der Waals surface area contributed by atoms with Gasteiger partial charge in [-0.25, -0.2) is 4.79 Å². The Hall–Kier alpha value is -3.19. The van der Waals surface area contributed by atoms with E-state index < -0.39 is 17.9 Å². The summed E-state index contributed by atoms with van der Waals surface area (Å²) >= 11 is 0. The number of aryl methyl sites for hydroxylation is 1. The van der Waals surface area contributed by atoms with Gasteiger partial charge in [0.2, 0.25) is 5.89 Å². The molecule has 1 heterocycles. The average molecular weight is 478 g/mol. The standard InChI is InChI=1S/C28H35N3O4/c1-18(2)24(26-29-31(4)28(34)35-26)30(3)27(33)22-13-10-19(11-14-22)16-20-12-15-23(17-20)25(32)21-8-6-5-7-9-21/h5-11,13-14,18,20,23-25,32H,12,15-17H2,1-4H3/t20-,23-,24+,25+/m0/s1. The molecule has 7 nitrogen and oxygen atoms in total. The first-order chi connectivity index (χ1) is 16.7. The number of benzene rings is 2. The van der Waals surface area contributed by atoms with E-state index in [0.717, 1.165) is 35.9 Å². The number of hydrogen-bond donors (Lipinski definition) is 1. The minimum atomic E-state index is -0.540. The molecule has 1 fully saturated rings. The molecule has 1 N–H and O–H groups in total. The number of hydrogen-bond acceptors (Lipinski definition) is 5. The van der Waals surface area contributed by atoms with Gasteiger partial charge in [-0.3, -0.25) is 4.79 Å². The van der Waals surface area contributed by atoms with Crippen LogP contribution in [0.25, 0.3) is 0 Å². The van der Waals surface area contributed by atoms with Crippen molar-refractivity contribution >= 4 is 5.91 Å². The van der Waals surface area contributed by atoms with Crippen LogP contribution in [0, 0.1) is 17.8 Å². The van der Waals surface area contributed by atoms with Crippen LogP contribution in [0.5, 0.6) is 0 Å². The van der Waals surface area contributed by atoms with Crippen molar-refractivity contribution in [2.75, 3.05) is 7.05 Å². The molecule has 0 bridgehead atoms. The first kappa shape index (κ1) is 24.9. The molecule has 2 aromatic carbocycles. The van der Waals surface area contributed by atoms with E-state index in [-0.39, 0.29) is 23.6 Å². The number of nitrogens with zero attached hydrogens (tertiary/aromatic N) is 3. The molecule has 35 heavy (non-hydrogen) atoms. The van der Waals surface area contributed by atoms with Crippen molar-refractivity contribution in [2.24, 2.45) is 24.8 Å². The summed E-state index contributed by atoms with van der Waals surface area (Å²) in [6, 6.07) is 17.2. The first-order valence-corrected chi connectivity index (χ1v) is 12.4. The lowest BCUT2D eigenvalue weighted by Gasteiger charge is -2.28. The van der Waals surface area contributed by atoms with E-state index in [2.05, 4.69) is 5.10 Å². The lowest BCUT2D eigenvalue weighted by Crippen LogP contribution is -2.34. The van der Waals surface area contributed by atoms with Gasteiger partial charge < -0.3 is 14.4 Å². The molecule has 0 saturated heterocycles. The smallest absolute Gasteiger partial charge is 0.390 e. The van der Waals surface area contributed by atoms with Crippen molar-refractivity contribution < 1.29 is 14.3 Å². The second-order valence-corrected chi connectivity index (χ2v) is 10.1. The maximum absolute atomic E-state index is 13.2. The Morgan fingerprint density at radius 2 is 1.83 bits per heavy atom. The summed E-state index contributed by atoms with van der Waals surface area (Å²) in [6.45, 7) is 3.94. The fraction of sp³-hybridized carbons (Fsp3) is 0.464. The molecule has 1 aliphatic carbocycles. The average Bonchev–Trinajstić information content (AvgIpc) is 3.45. The van der Waals surface area contributed by atoms with Crippen molar-refractivity contribution in [1.29, 1.82) is 0 Å². The minimum Gasteiger partial charge on any atom is -0.390 e. The van der Waals surface area contributed by atoms with E-state index in [1.165, 1.54) is 12.6 Å². The van der Waals surface area contributed by atoms with Crippen LogP contribution in [0.3, 0.4) is 0 Å². The molecular weight excluding hydrogens is 442 g/mol. The molecule has 1 amide bonds. The molecule has 7 heteroatoms. The summed E-state index contributed by atoms with van der Waals surface area (Å²) in [4.78, 5) is 26.6. The number of carbonyl (C=O) groups excluding carboxylic acids is 1. The Kier molecular flexibility index (Phi) is 7.55. The summed E-state index contributed by atoms with van der Waals surface area (Å²) in [5.74, 6) is 0.393. The first-order valence-electron chi connectivity index (χ1n) is 12.4. The van der Waals surface area contributed by atoms with Gasteiger partial charge in [-0.15, -0.1) is 5.10 Å². The zero-order valence-electron chi connectivity index (χ0n) is 20.9. The van der Waals surface area contributed by atoms with Crippen LogP contribution >= 0.6 is 0 Å². The maximum atomic E-state index is 13.2. The zero-order valence-corrected chi connectivity index (χ0v) is 20.9. The van der Waals surface area contributed by atoms with Crippen molar-refractivity contribution in [3.63, 3.8) is 0 Å². The van der Waals surface area contributed by atoms with Crippen LogP contribution in [-0.2, 0) is 13.5 Å². The van der Waals surface area contributed by atoms with E-state index in [9.17, 15) is 14.7 Å². The van der Waals surface area contributed by atoms with Crippen molar-refractivity contribution in [1.82, 2.24) is 14.7 Å². The van der Waals surface area contributed by atoms with Gasteiger partial charge in [0, 0.05) is 19.7 Å². The number of aromatic nitrogens is 2. The summed E-state index contributed by atoms with van der Waals surface area (Å²) in [7, 11) is 3.24. The van der Waals surface area contributed by atoms with Crippen molar-refractivity contribution in [2.45, 2.75) is 51.7 Å². The predicted octanol–water partition coefficient (Wildman–Crippen LogP) is 4.54. The fourth-order valence-electron chi connectivity index (χ4n) is 5.34. The van der Waals surface area contributed by atoms with E-state index >= 15 is 0 Å². The number of aliphatic hydroxyl groups is 1. The third-order valence-electron chi connectivity index (χ3n) is 7.22. The molecule has 1 aromatic heterocycles. The number of aliphatic hydroxyl groups excluding tert-OH is 1. The number of carbonyl (C=O) groups is 1. The maximum Gasteiger partial charge on any atom is 0.436 e. The molecule has 0 spiro atoms. The van der Waals surface area contributed by atoms with Gasteiger partial charge in [0.05, 0.1) is 6.10 Å². The second kappa shape index (κ2) is 10.6. The quantitative estimate of drug-likeness (QED) is 0.515. The normalized spacial score (nSPS) is 19.6. The lowest BCUT2D eigenvalue weighted by atomic mass is 9.91. The van der Waals surface area contributed by atoms with Gasteiger partial charge in [0.25, 0.3) is 5.91 Å². The molecule has 1 saturated carbocycles. The highest BCUT2D eigenvalue weighted by Crippen LogP contribution is 2.40. The lowest BCUT2D eigenvalue weighted by molar-refractivity contribution is 0.0650. The van der Waals surface area contributed by atoms with Crippen molar-refractivity contribution in [3.8, 4) is 0 Å². The summed E-state index contributed by atoms with van der Waals surface area (Å²) in [5, 5.41) is 14.9. The number of rotatable bonds is 8. The molecule has 0 radical (unpaired) electrons. The molecule has 1 aliphatic rings. The van der Waals surface area contributed by atoms with Crippen molar-refractivity contribution in [3.05, 3.63) is 87.7 Å². The van der Waals surface area contributed by atoms with Gasteiger partial charge in [-0.1, -0.05) is 56.3 Å². The minimum absolute atomic E-state index is 0.0165. The van der Waals surface area contributed by atoms with Gasteiger partial charge in [0.1, 0.15) is 6.04 Å². The van der Waals surface area contributed by atoms with Gasteiger partial charge in [0.15, 0.2) is 0 Å². The Bertz CT molecular complexity index is 1180. The summed E-state index contributed by atoms with van der Waals surface area (Å²) in [5.41, 5.74) is 2.78. The molecule has 4 atom stereocenters. The van der Waals surface area contributed by atoms with Gasteiger partial charge in [-0.05, 0) is 66.7 Å². The van der Waals surface area contributed by atoms with Crippen LogP contribution in [0.4, 0.5) is 0 Å². The molecule has 186 valence electrons. The molecule has 3 aromatic rings. The third-order valence-corrected chi connectivity index (χ3v) is 7.22. The highest BCUT2D eigenvalue weighted by molar-refractivity contribution is 5.94. The highest BCUT2D eigenvalue weighted by Gasteiger charge is 2.32. The van der Waals surface area contributed by atoms with Crippen LogP contribution in [0.1, 0.15) is 72.6 Å². The predicted molar refractivity (Wildman–Crippen MR) is 134 cm³/mol. The zero-order chi connectivity index (χ0) is 25.1. The largest absolute Gasteiger partial charge is 0.436 e. The Balaban J connectivity index is 1.38. The van der Waals surface area contributed by atoms with E-state index in [4.69, 9.17) is 4.42 Å².